The van der Waals surface area contributed by atoms with E-state index in [1.165, 1.54) is 0 Å². The molecule has 0 spiro atoms. The Labute approximate surface area is 66.7 Å². The second-order valence-corrected chi connectivity index (χ2v) is 1.03. The molecule has 4 heteroatoms. The monoisotopic (exact) mass is 175 g/mol. The summed E-state index contributed by atoms with van der Waals surface area (Å²) in [7, 11) is 0. The second kappa shape index (κ2) is 3.53. The Kier molecular flexibility index (Phi) is 3.79. The van der Waals surface area contributed by atoms with Crippen LogP contribution < -0.4 is 0 Å². The van der Waals surface area contributed by atoms with Crippen LogP contribution in [0.15, 0.2) is 0 Å². The Hall–Kier alpha value is 0.534. The van der Waals surface area contributed by atoms with Crippen LogP contribution in [0.1, 0.15) is 0 Å². The van der Waals surface area contributed by atoms with Gasteiger partial charge in [-0.3, -0.25) is 0 Å². The van der Waals surface area contributed by atoms with Crippen LogP contribution in [0.25, 0.3) is 5.32 Å². The van der Waals surface area contributed by atoms with Gasteiger partial charge in [-0.05, 0) is 6.73 Å². The van der Waals surface area contributed by atoms with E-state index in [4.69, 9.17) is 0 Å². The van der Waals surface area contributed by atoms with Crippen molar-refractivity contribution in [3.05, 3.63) is 5.32 Å². The van der Waals surface area contributed by atoms with Crippen molar-refractivity contribution in [2.75, 3.05) is 13.3 Å². The van der Waals surface area contributed by atoms with E-state index in [2.05, 4.69) is 10.1 Å². The number of hydrogen-bond acceptors (Lipinski definition) is 2. The van der Waals surface area contributed by atoms with Crippen LogP contribution in [0.3, 0.4) is 0 Å². The van der Waals surface area contributed by atoms with E-state index >= 15 is 0 Å². The van der Waals surface area contributed by atoms with Crippen molar-refractivity contribution >= 4 is 5.91 Å². The molecule has 0 saturated carbocycles. The first-order valence-corrected chi connectivity index (χ1v) is 1.67. The van der Waals surface area contributed by atoms with Crippen molar-refractivity contribution in [1.29, 1.82) is 0 Å². The number of ether oxygens (including phenoxy) is 1. The van der Waals surface area contributed by atoms with E-state index in [1.807, 2.05) is 0 Å². The van der Waals surface area contributed by atoms with Crippen LogP contribution in [0.4, 0.5) is 0 Å². The molecule has 1 heterocycles. The molecule has 1 fully saturated rings. The minimum absolute atomic E-state index is 0. The van der Waals surface area contributed by atoms with Crippen molar-refractivity contribution in [2.24, 2.45) is 0 Å². The van der Waals surface area contributed by atoms with E-state index in [0.29, 0.717) is 0 Å². The Bertz CT molecular complexity index is 67.3. The van der Waals surface area contributed by atoms with Crippen molar-refractivity contribution in [3.63, 3.8) is 0 Å². The third kappa shape index (κ3) is 2.37. The molecule has 0 bridgehead atoms. The number of carbonyl (C=O) groups excluding carboxylic acids is 1. The molecule has 0 unspecified atom stereocenters. The van der Waals surface area contributed by atoms with Crippen molar-refractivity contribution in [2.45, 2.75) is 0 Å². The number of hydrogen-bond donors (Lipinski definition) is 0. The molecule has 1 aliphatic rings. The summed E-state index contributed by atoms with van der Waals surface area (Å²) in [5.41, 5.74) is 0. The maximum absolute atomic E-state index is 9.95. The Morgan fingerprint density at radius 1 is 1.71 bits per heavy atom. The van der Waals surface area contributed by atoms with Crippen LogP contribution in [-0.2, 0) is 42.2 Å². The van der Waals surface area contributed by atoms with E-state index in [-0.39, 0.29) is 52.0 Å². The minimum atomic E-state index is -0.144. The first kappa shape index (κ1) is 7.53. The van der Waals surface area contributed by atoms with E-state index in [1.54, 1.807) is 0 Å². The van der Waals surface area contributed by atoms with E-state index in [9.17, 15) is 4.79 Å². The fourth-order valence-corrected chi connectivity index (χ4v) is 0.296. The number of carbonyl (C=O) groups is 1. The van der Waals surface area contributed by atoms with E-state index < -0.39 is 0 Å². The third-order valence-electron chi connectivity index (χ3n) is 0.558. The summed E-state index contributed by atoms with van der Waals surface area (Å²) < 4.78 is 4.54. The summed E-state index contributed by atoms with van der Waals surface area (Å²) in [5.74, 6) is -0.144. The van der Waals surface area contributed by atoms with Crippen LogP contribution in [0, 0.1) is 0 Å². The predicted molar refractivity (Wildman–Crippen MR) is 19.2 cm³/mol. The zero-order valence-corrected chi connectivity index (χ0v) is 6.59. The molecule has 1 rings (SSSR count). The van der Waals surface area contributed by atoms with Gasteiger partial charge in [-0.15, -0.1) is 0 Å². The molecule has 7 heavy (non-hydrogen) atoms. The molecule has 37 valence electrons. The van der Waals surface area contributed by atoms with Gasteiger partial charge in [-0.25, -0.2) is 0 Å². The van der Waals surface area contributed by atoms with Crippen molar-refractivity contribution in [1.82, 2.24) is 0 Å². The molecular weight excluding hydrogens is 171 g/mol. The summed E-state index contributed by atoms with van der Waals surface area (Å²) in [6.07, 6.45) is 0. The molecule has 0 aliphatic carbocycles. The van der Waals surface area contributed by atoms with Gasteiger partial charge in [0.25, 0.3) is 0 Å². The van der Waals surface area contributed by atoms with Gasteiger partial charge in [-0.2, -0.15) is 0 Å². The van der Waals surface area contributed by atoms with Gasteiger partial charge in [0.1, 0.15) is 0 Å². The van der Waals surface area contributed by atoms with Gasteiger partial charge < -0.3 is 14.8 Å². The Morgan fingerprint density at radius 3 is 2.57 bits per heavy atom. The molecular formula is C3H4NO2Y-. The molecule has 1 radical (unpaired) electrons. The number of amides is 1. The summed E-state index contributed by atoms with van der Waals surface area (Å²) in [6, 6.07) is 0. The average molecular weight is 175 g/mol. The quantitative estimate of drug-likeness (QED) is 0.514. The zero-order chi connectivity index (χ0) is 4.41. The number of rotatable bonds is 0. The van der Waals surface area contributed by atoms with Gasteiger partial charge in [0.15, 0.2) is 0 Å². The van der Waals surface area contributed by atoms with Crippen molar-refractivity contribution in [3.8, 4) is 0 Å². The first-order valence-electron chi connectivity index (χ1n) is 1.67. The van der Waals surface area contributed by atoms with Gasteiger partial charge in [0.2, 0.25) is 0 Å². The molecule has 0 atom stereocenters. The molecule has 3 nitrogen and oxygen atoms in total. The summed E-state index contributed by atoms with van der Waals surface area (Å²) in [4.78, 5) is 9.95. The molecule has 1 aliphatic heterocycles. The van der Waals surface area contributed by atoms with Crippen LogP contribution >= 0.6 is 0 Å². The third-order valence-corrected chi connectivity index (χ3v) is 0.558. The standard InChI is InChI=1S/C3H5NO2.Y/c5-3-1-6-2-4-3;/h1-2H2,(H,4,5);/p-1. The number of nitrogens with zero attached hydrogens (tertiary/aromatic N) is 1. The molecule has 1 amide bonds. The zero-order valence-electron chi connectivity index (χ0n) is 3.76. The maximum atomic E-state index is 9.95. The second-order valence-electron chi connectivity index (χ2n) is 1.03. The van der Waals surface area contributed by atoms with Gasteiger partial charge in [0.05, 0.1) is 12.5 Å². The molecule has 1 saturated heterocycles. The molecule has 0 aromatic carbocycles. The fourth-order valence-electron chi connectivity index (χ4n) is 0.296. The molecule has 0 aromatic heterocycles. The summed E-state index contributed by atoms with van der Waals surface area (Å²) in [5, 5.41) is 3.38. The topological polar surface area (TPSA) is 40.4 Å². The minimum Gasteiger partial charge on any atom is -0.630 e. The fraction of sp³-hybridized carbons (Fsp3) is 0.667. The normalized spacial score (nSPS) is 18.0. The SMILES string of the molecule is O=C1COC[N-]1.[Y]. The van der Waals surface area contributed by atoms with Crippen LogP contribution in [0.5, 0.6) is 0 Å². The van der Waals surface area contributed by atoms with Gasteiger partial charge in [0, 0.05) is 32.7 Å². The predicted octanol–water partition coefficient (Wildman–Crippen LogP) is -0.128. The van der Waals surface area contributed by atoms with Gasteiger partial charge >= 0.3 is 0 Å². The molecule has 0 aromatic rings. The summed E-state index contributed by atoms with van der Waals surface area (Å²) in [6.45, 7) is 0.443. The summed E-state index contributed by atoms with van der Waals surface area (Å²) >= 11 is 0. The maximum Gasteiger partial charge on any atom is 0.0859 e. The first-order chi connectivity index (χ1) is 2.89. The van der Waals surface area contributed by atoms with Crippen molar-refractivity contribution < 1.29 is 42.2 Å². The Morgan fingerprint density at radius 2 is 2.43 bits per heavy atom. The van der Waals surface area contributed by atoms with Crippen LogP contribution in [0.2, 0.25) is 0 Å². The van der Waals surface area contributed by atoms with Gasteiger partial charge in [-0.1, -0.05) is 0 Å². The Balaban J connectivity index is 0.000000360. The van der Waals surface area contributed by atoms with Crippen LogP contribution in [-0.4, -0.2) is 19.2 Å². The average Bonchev–Trinajstić information content (AvgIpc) is 1.86. The molecule has 0 N–H and O–H groups in total. The van der Waals surface area contributed by atoms with E-state index in [0.717, 1.165) is 0 Å². The smallest absolute Gasteiger partial charge is 0.0859 e. The largest absolute Gasteiger partial charge is 0.630 e.